The fourth-order valence-corrected chi connectivity index (χ4v) is 1.45. The molecule has 0 amide bonds. The molecule has 4 heteroatoms. The van der Waals surface area contributed by atoms with Crippen molar-refractivity contribution in [2.24, 2.45) is 0 Å². The van der Waals surface area contributed by atoms with Crippen LogP contribution in [0.2, 0.25) is 0 Å². The Morgan fingerprint density at radius 2 is 2.07 bits per heavy atom. The van der Waals surface area contributed by atoms with Crippen LogP contribution in [-0.4, -0.2) is 9.55 Å². The van der Waals surface area contributed by atoms with Crippen molar-refractivity contribution in [3.63, 3.8) is 0 Å². The maximum Gasteiger partial charge on any atom is 0.330 e. The third kappa shape index (κ3) is 1.21. The number of aromatic nitrogens is 2. The second-order valence-electron chi connectivity index (χ2n) is 3.13. The summed E-state index contributed by atoms with van der Waals surface area (Å²) in [5, 5.41) is 0. The Hall–Kier alpha value is -1.97. The Balaban J connectivity index is 2.72. The van der Waals surface area contributed by atoms with Gasteiger partial charge in [-0.25, -0.2) is 4.79 Å². The first-order valence-corrected chi connectivity index (χ1v) is 4.32. The van der Waals surface area contributed by atoms with Crippen LogP contribution < -0.4 is 11.4 Å². The number of nitrogen functional groups attached to an aromatic ring is 1. The number of aromatic amines is 1. The van der Waals surface area contributed by atoms with Crippen molar-refractivity contribution in [1.29, 1.82) is 0 Å². The zero-order chi connectivity index (χ0) is 10.1. The SMILES string of the molecule is Cc1c[nH]c(=O)n1-c1ccccc1N. The van der Waals surface area contributed by atoms with E-state index in [9.17, 15) is 4.79 Å². The van der Waals surface area contributed by atoms with E-state index in [1.165, 1.54) is 0 Å². The maximum atomic E-state index is 11.4. The van der Waals surface area contributed by atoms with Gasteiger partial charge in [-0.05, 0) is 19.1 Å². The zero-order valence-electron chi connectivity index (χ0n) is 7.82. The van der Waals surface area contributed by atoms with Gasteiger partial charge in [0.25, 0.3) is 0 Å². The van der Waals surface area contributed by atoms with E-state index in [1.807, 2.05) is 25.1 Å². The van der Waals surface area contributed by atoms with E-state index in [0.717, 1.165) is 11.4 Å². The van der Waals surface area contributed by atoms with Gasteiger partial charge in [-0.1, -0.05) is 12.1 Å². The summed E-state index contributed by atoms with van der Waals surface area (Å²) in [6, 6.07) is 7.28. The molecule has 0 atom stereocenters. The Kier molecular flexibility index (Phi) is 1.89. The highest BCUT2D eigenvalue weighted by Crippen LogP contribution is 2.15. The lowest BCUT2D eigenvalue weighted by Gasteiger charge is -2.06. The topological polar surface area (TPSA) is 63.8 Å². The van der Waals surface area contributed by atoms with Crippen LogP contribution in [0.4, 0.5) is 5.69 Å². The van der Waals surface area contributed by atoms with E-state index in [-0.39, 0.29) is 5.69 Å². The van der Waals surface area contributed by atoms with Crippen molar-refractivity contribution >= 4 is 5.69 Å². The molecule has 0 aliphatic heterocycles. The van der Waals surface area contributed by atoms with E-state index in [4.69, 9.17) is 5.73 Å². The van der Waals surface area contributed by atoms with E-state index >= 15 is 0 Å². The number of para-hydroxylation sites is 2. The number of benzene rings is 1. The van der Waals surface area contributed by atoms with Crippen LogP contribution in [0.5, 0.6) is 0 Å². The first-order valence-electron chi connectivity index (χ1n) is 4.32. The Morgan fingerprint density at radius 3 is 2.64 bits per heavy atom. The summed E-state index contributed by atoms with van der Waals surface area (Å²) in [4.78, 5) is 14.1. The van der Waals surface area contributed by atoms with Gasteiger partial charge in [0.15, 0.2) is 0 Å². The van der Waals surface area contributed by atoms with Crippen LogP contribution in [0, 0.1) is 6.92 Å². The van der Waals surface area contributed by atoms with Gasteiger partial charge in [-0.15, -0.1) is 0 Å². The lowest BCUT2D eigenvalue weighted by molar-refractivity contribution is 0.952. The fraction of sp³-hybridized carbons (Fsp3) is 0.100. The minimum absolute atomic E-state index is 0.166. The summed E-state index contributed by atoms with van der Waals surface area (Å²) in [7, 11) is 0. The van der Waals surface area contributed by atoms with Gasteiger partial charge in [-0.2, -0.15) is 0 Å². The van der Waals surface area contributed by atoms with Gasteiger partial charge in [0.2, 0.25) is 0 Å². The van der Waals surface area contributed by atoms with Crippen LogP contribution in [0.25, 0.3) is 5.69 Å². The van der Waals surface area contributed by atoms with E-state index in [1.54, 1.807) is 16.8 Å². The highest BCUT2D eigenvalue weighted by molar-refractivity contribution is 5.57. The van der Waals surface area contributed by atoms with Crippen molar-refractivity contribution in [2.45, 2.75) is 6.92 Å². The molecule has 0 unspecified atom stereocenters. The van der Waals surface area contributed by atoms with Gasteiger partial charge in [0, 0.05) is 11.9 Å². The summed E-state index contributed by atoms with van der Waals surface area (Å²) in [5.74, 6) is 0. The quantitative estimate of drug-likeness (QED) is 0.659. The smallest absolute Gasteiger partial charge is 0.330 e. The Labute approximate surface area is 81.0 Å². The third-order valence-electron chi connectivity index (χ3n) is 2.14. The molecule has 1 heterocycles. The summed E-state index contributed by atoms with van der Waals surface area (Å²) in [6.07, 6.45) is 1.66. The van der Waals surface area contributed by atoms with Gasteiger partial charge in [-0.3, -0.25) is 4.57 Å². The molecule has 72 valence electrons. The molecule has 0 saturated heterocycles. The molecule has 2 aromatic rings. The molecule has 0 saturated carbocycles. The molecule has 0 bridgehead atoms. The average molecular weight is 189 g/mol. The number of hydrogen-bond acceptors (Lipinski definition) is 2. The molecule has 1 aromatic heterocycles. The standard InChI is InChI=1S/C10H11N3O/c1-7-6-12-10(14)13(7)9-5-3-2-4-8(9)11/h2-6H,11H2,1H3,(H,12,14). The lowest BCUT2D eigenvalue weighted by Crippen LogP contribution is -2.17. The van der Waals surface area contributed by atoms with Crippen LogP contribution in [0.3, 0.4) is 0 Å². The van der Waals surface area contributed by atoms with Gasteiger partial charge >= 0.3 is 5.69 Å². The molecule has 0 aliphatic rings. The van der Waals surface area contributed by atoms with Crippen molar-refractivity contribution in [1.82, 2.24) is 9.55 Å². The van der Waals surface area contributed by atoms with Crippen molar-refractivity contribution in [3.8, 4) is 5.69 Å². The van der Waals surface area contributed by atoms with Crippen LogP contribution in [0.15, 0.2) is 35.3 Å². The molecule has 0 fully saturated rings. The minimum Gasteiger partial charge on any atom is -0.397 e. The predicted molar refractivity (Wildman–Crippen MR) is 55.5 cm³/mol. The second kappa shape index (κ2) is 3.06. The number of aryl methyl sites for hydroxylation is 1. The van der Waals surface area contributed by atoms with E-state index < -0.39 is 0 Å². The predicted octanol–water partition coefficient (Wildman–Crippen LogP) is 1.06. The number of rotatable bonds is 1. The highest BCUT2D eigenvalue weighted by Gasteiger charge is 2.06. The monoisotopic (exact) mass is 189 g/mol. The number of H-pyrrole nitrogens is 1. The molecule has 2 rings (SSSR count). The summed E-state index contributed by atoms with van der Waals surface area (Å²) in [5.41, 5.74) is 7.76. The van der Waals surface area contributed by atoms with Crippen LogP contribution in [-0.2, 0) is 0 Å². The number of nitrogens with one attached hydrogen (secondary N) is 1. The maximum absolute atomic E-state index is 11.4. The number of hydrogen-bond donors (Lipinski definition) is 2. The van der Waals surface area contributed by atoms with E-state index in [0.29, 0.717) is 5.69 Å². The molecule has 4 nitrogen and oxygen atoms in total. The first-order chi connectivity index (χ1) is 6.70. The molecular formula is C10H11N3O. The summed E-state index contributed by atoms with van der Waals surface area (Å²) in [6.45, 7) is 1.85. The lowest BCUT2D eigenvalue weighted by atomic mass is 10.2. The van der Waals surface area contributed by atoms with Crippen LogP contribution in [0.1, 0.15) is 5.69 Å². The van der Waals surface area contributed by atoms with Crippen molar-refractivity contribution in [2.75, 3.05) is 5.73 Å². The largest absolute Gasteiger partial charge is 0.397 e. The number of imidazole rings is 1. The molecule has 0 spiro atoms. The molecule has 3 N–H and O–H groups in total. The van der Waals surface area contributed by atoms with Crippen molar-refractivity contribution < 1.29 is 0 Å². The normalized spacial score (nSPS) is 10.4. The second-order valence-corrected chi connectivity index (χ2v) is 3.13. The van der Waals surface area contributed by atoms with Gasteiger partial charge in [0.1, 0.15) is 0 Å². The Bertz CT molecular complexity index is 510. The molecule has 14 heavy (non-hydrogen) atoms. The zero-order valence-corrected chi connectivity index (χ0v) is 7.82. The highest BCUT2D eigenvalue weighted by atomic mass is 16.1. The van der Waals surface area contributed by atoms with E-state index in [2.05, 4.69) is 4.98 Å². The number of anilines is 1. The fourth-order valence-electron chi connectivity index (χ4n) is 1.45. The summed E-state index contributed by atoms with van der Waals surface area (Å²) >= 11 is 0. The Morgan fingerprint density at radius 1 is 1.36 bits per heavy atom. The molecular weight excluding hydrogens is 178 g/mol. The summed E-state index contributed by atoms with van der Waals surface area (Å²) < 4.78 is 1.55. The first kappa shape index (κ1) is 8.62. The molecule has 1 aromatic carbocycles. The average Bonchev–Trinajstić information content (AvgIpc) is 2.48. The third-order valence-corrected chi connectivity index (χ3v) is 2.14. The molecule has 0 aliphatic carbocycles. The van der Waals surface area contributed by atoms with Crippen molar-refractivity contribution in [3.05, 3.63) is 46.6 Å². The molecule has 0 radical (unpaired) electrons. The van der Waals surface area contributed by atoms with Gasteiger partial charge in [0.05, 0.1) is 11.4 Å². The van der Waals surface area contributed by atoms with Gasteiger partial charge < -0.3 is 10.7 Å². The number of nitrogens with zero attached hydrogens (tertiary/aromatic N) is 1. The number of nitrogens with two attached hydrogens (primary N) is 1. The van der Waals surface area contributed by atoms with Crippen LogP contribution >= 0.6 is 0 Å². The minimum atomic E-state index is -0.166.